The molecule has 3 aliphatic heterocycles. The number of nitriles is 2. The van der Waals surface area contributed by atoms with Crippen molar-refractivity contribution in [2.24, 2.45) is 0 Å². The van der Waals surface area contributed by atoms with Crippen molar-refractivity contribution in [1.82, 2.24) is 15.2 Å². The summed E-state index contributed by atoms with van der Waals surface area (Å²) < 4.78 is 6.38. The third-order valence-electron chi connectivity index (χ3n) is 8.53. The minimum Gasteiger partial charge on any atom is -0.475 e. The Hall–Kier alpha value is -3.85. The van der Waals surface area contributed by atoms with E-state index in [-0.39, 0.29) is 6.04 Å². The number of aromatic nitrogens is 1. The second kappa shape index (κ2) is 11.1. The monoisotopic (exact) mass is 521 g/mol. The predicted molar refractivity (Wildman–Crippen MR) is 153 cm³/mol. The highest BCUT2D eigenvalue weighted by Gasteiger charge is 2.32. The molecule has 0 radical (unpaired) electrons. The molecule has 2 atom stereocenters. The van der Waals surface area contributed by atoms with Crippen LogP contribution in [0.4, 0.5) is 11.5 Å². The van der Waals surface area contributed by atoms with Crippen LogP contribution in [-0.4, -0.2) is 68.3 Å². The quantitative estimate of drug-likeness (QED) is 0.523. The van der Waals surface area contributed by atoms with E-state index in [9.17, 15) is 10.5 Å². The number of anilines is 2. The summed E-state index contributed by atoms with van der Waals surface area (Å²) in [7, 11) is 2.13. The molecule has 4 heterocycles. The molecular formula is C31H35N7O. The number of fused-ring (bicyclic) bond motifs is 2. The van der Waals surface area contributed by atoms with Crippen LogP contribution >= 0.6 is 0 Å². The van der Waals surface area contributed by atoms with Crippen LogP contribution in [0.5, 0.6) is 5.88 Å². The molecule has 39 heavy (non-hydrogen) atoms. The summed E-state index contributed by atoms with van der Waals surface area (Å²) in [6.07, 6.45) is 3.52. The van der Waals surface area contributed by atoms with Crippen molar-refractivity contribution in [2.45, 2.75) is 44.3 Å². The molecule has 0 aliphatic carbocycles. The van der Waals surface area contributed by atoms with Gasteiger partial charge >= 0.3 is 0 Å². The lowest BCUT2D eigenvalue weighted by Crippen LogP contribution is -2.51. The van der Waals surface area contributed by atoms with Gasteiger partial charge in [-0.15, -0.1) is 0 Å². The van der Waals surface area contributed by atoms with Crippen molar-refractivity contribution in [3.05, 3.63) is 59.2 Å². The number of nitrogens with one attached hydrogen (secondary N) is 1. The van der Waals surface area contributed by atoms with Crippen molar-refractivity contribution in [1.29, 1.82) is 10.5 Å². The third kappa shape index (κ3) is 4.98. The largest absolute Gasteiger partial charge is 0.475 e. The fourth-order valence-electron chi connectivity index (χ4n) is 6.39. The van der Waals surface area contributed by atoms with Crippen LogP contribution in [0, 0.1) is 22.7 Å². The summed E-state index contributed by atoms with van der Waals surface area (Å²) in [5, 5.41) is 25.6. The number of hydrogen-bond donors (Lipinski definition) is 1. The average molecular weight is 522 g/mol. The summed E-state index contributed by atoms with van der Waals surface area (Å²) in [5.41, 5.74) is 3.91. The van der Waals surface area contributed by atoms with E-state index in [1.54, 1.807) is 0 Å². The number of pyridine rings is 1. The Kier molecular flexibility index (Phi) is 7.24. The molecule has 0 saturated carbocycles. The normalized spacial score (nSPS) is 21.4. The van der Waals surface area contributed by atoms with E-state index >= 15 is 0 Å². The number of likely N-dealkylation sites (tertiary alicyclic amines) is 1. The van der Waals surface area contributed by atoms with Gasteiger partial charge in [0, 0.05) is 67.0 Å². The Morgan fingerprint density at radius 3 is 2.74 bits per heavy atom. The van der Waals surface area contributed by atoms with Gasteiger partial charge in [0.2, 0.25) is 5.88 Å². The molecule has 8 nitrogen and oxygen atoms in total. The highest BCUT2D eigenvalue weighted by Crippen LogP contribution is 2.38. The van der Waals surface area contributed by atoms with Gasteiger partial charge < -0.3 is 24.8 Å². The molecule has 0 unspecified atom stereocenters. The lowest BCUT2D eigenvalue weighted by atomic mass is 9.94. The van der Waals surface area contributed by atoms with E-state index in [4.69, 9.17) is 9.72 Å². The molecule has 3 aromatic rings. The van der Waals surface area contributed by atoms with Gasteiger partial charge in [-0.3, -0.25) is 0 Å². The molecule has 2 aromatic carbocycles. The summed E-state index contributed by atoms with van der Waals surface area (Å²) in [6.45, 7) is 5.41. The lowest BCUT2D eigenvalue weighted by molar-refractivity contribution is 0.192. The molecule has 0 spiro atoms. The van der Waals surface area contributed by atoms with Crippen LogP contribution in [0.3, 0.4) is 0 Å². The van der Waals surface area contributed by atoms with Crippen molar-refractivity contribution < 1.29 is 4.74 Å². The Balaban J connectivity index is 1.39. The van der Waals surface area contributed by atoms with E-state index < -0.39 is 0 Å². The molecule has 200 valence electrons. The second-order valence-corrected chi connectivity index (χ2v) is 10.9. The Morgan fingerprint density at radius 2 is 1.92 bits per heavy atom. The van der Waals surface area contributed by atoms with E-state index in [2.05, 4.69) is 81.7 Å². The highest BCUT2D eigenvalue weighted by molar-refractivity contribution is 5.94. The Labute approximate surface area is 230 Å². The first kappa shape index (κ1) is 25.4. The molecule has 2 saturated heterocycles. The molecule has 6 rings (SSSR count). The molecule has 1 aromatic heterocycles. The number of hydrogen-bond acceptors (Lipinski definition) is 8. The van der Waals surface area contributed by atoms with Crippen LogP contribution in [0.2, 0.25) is 0 Å². The van der Waals surface area contributed by atoms with Gasteiger partial charge in [-0.2, -0.15) is 15.5 Å². The maximum atomic E-state index is 10.4. The van der Waals surface area contributed by atoms with Crippen molar-refractivity contribution in [3.8, 4) is 18.0 Å². The molecular weight excluding hydrogens is 486 g/mol. The van der Waals surface area contributed by atoms with Gasteiger partial charge in [0.05, 0.1) is 12.5 Å². The number of likely N-dealkylation sites (N-methyl/N-ethyl adjacent to an activating group) is 1. The molecule has 2 fully saturated rings. The lowest BCUT2D eigenvalue weighted by Gasteiger charge is -2.38. The Bertz CT molecular complexity index is 1440. The van der Waals surface area contributed by atoms with E-state index in [1.807, 2.05) is 0 Å². The smallest absolute Gasteiger partial charge is 0.234 e. The maximum absolute atomic E-state index is 10.4. The summed E-state index contributed by atoms with van der Waals surface area (Å²) in [5.74, 6) is 1.36. The summed E-state index contributed by atoms with van der Waals surface area (Å²) in [4.78, 5) is 12.1. The molecule has 0 bridgehead atoms. The van der Waals surface area contributed by atoms with Crippen LogP contribution in [-0.2, 0) is 13.0 Å². The second-order valence-electron chi connectivity index (χ2n) is 10.9. The zero-order valence-corrected chi connectivity index (χ0v) is 22.6. The fraction of sp³-hybridized carbons (Fsp3) is 0.452. The van der Waals surface area contributed by atoms with Gasteiger partial charge in [0.15, 0.2) is 0 Å². The first-order chi connectivity index (χ1) is 19.2. The van der Waals surface area contributed by atoms with Crippen molar-refractivity contribution >= 4 is 22.3 Å². The first-order valence-corrected chi connectivity index (χ1v) is 14.0. The number of piperazine rings is 1. The topological polar surface area (TPSA) is 91.5 Å². The summed E-state index contributed by atoms with van der Waals surface area (Å²) >= 11 is 0. The highest BCUT2D eigenvalue weighted by atomic mass is 16.5. The van der Waals surface area contributed by atoms with Gasteiger partial charge in [-0.25, -0.2) is 0 Å². The predicted octanol–water partition coefficient (Wildman–Crippen LogP) is 3.83. The number of nitrogens with zero attached hydrogens (tertiary/aromatic N) is 6. The minimum absolute atomic E-state index is 0.101. The van der Waals surface area contributed by atoms with Crippen molar-refractivity contribution in [3.63, 3.8) is 0 Å². The SMILES string of the molecule is CN1CCC[C@H]1COc1nc(N2CCN[C@@H](CC#N)C2)c2c(c1C#N)CN(c1cccc3ccccc13)CC2. The minimum atomic E-state index is 0.101. The number of benzene rings is 2. The first-order valence-electron chi connectivity index (χ1n) is 14.0. The molecule has 3 aliphatic rings. The maximum Gasteiger partial charge on any atom is 0.234 e. The summed E-state index contributed by atoms with van der Waals surface area (Å²) in [6, 6.07) is 20.1. The van der Waals surface area contributed by atoms with Crippen LogP contribution in [0.25, 0.3) is 10.8 Å². The molecule has 1 N–H and O–H groups in total. The fourth-order valence-corrected chi connectivity index (χ4v) is 6.39. The average Bonchev–Trinajstić information content (AvgIpc) is 3.39. The van der Waals surface area contributed by atoms with Gasteiger partial charge in [0.1, 0.15) is 24.1 Å². The van der Waals surface area contributed by atoms with Gasteiger partial charge in [-0.1, -0.05) is 36.4 Å². The zero-order valence-electron chi connectivity index (χ0n) is 22.6. The number of ether oxygens (including phenoxy) is 1. The molecule has 0 amide bonds. The van der Waals surface area contributed by atoms with Crippen molar-refractivity contribution in [2.75, 3.05) is 56.2 Å². The third-order valence-corrected chi connectivity index (χ3v) is 8.53. The zero-order chi connectivity index (χ0) is 26.8. The Morgan fingerprint density at radius 1 is 1.05 bits per heavy atom. The van der Waals surface area contributed by atoms with E-state index in [0.717, 1.165) is 62.5 Å². The van der Waals surface area contributed by atoms with E-state index in [1.165, 1.54) is 22.9 Å². The van der Waals surface area contributed by atoms with Crippen LogP contribution in [0.15, 0.2) is 42.5 Å². The van der Waals surface area contributed by atoms with E-state index in [0.29, 0.717) is 37.1 Å². The van der Waals surface area contributed by atoms with Gasteiger partial charge in [-0.05, 0) is 44.3 Å². The van der Waals surface area contributed by atoms with Crippen LogP contribution in [0.1, 0.15) is 36.0 Å². The van der Waals surface area contributed by atoms with Crippen LogP contribution < -0.4 is 19.9 Å². The standard InChI is InChI=1S/C31H35N7O/c1-36-15-5-8-24(36)21-39-31-27(18-33)28-20-37(29-10-4-7-22-6-2-3-9-25(22)29)16-12-26(28)30(35-31)38-17-14-34-23(19-38)11-13-32/h2-4,6-7,9-10,23-24,34H,5,8,11-12,14-17,19-21H2,1H3/t23-,24-/m0/s1. The number of rotatable bonds is 6. The molecule has 8 heteroatoms. The van der Waals surface area contributed by atoms with Gasteiger partial charge in [0.25, 0.3) is 0 Å².